The van der Waals surface area contributed by atoms with E-state index in [0.29, 0.717) is 0 Å². The fraction of sp³-hybridized carbons (Fsp3) is 0.0476. The van der Waals surface area contributed by atoms with E-state index in [0.717, 1.165) is 14.4 Å². The molecule has 141 heavy (non-hydrogen) atoms. The van der Waals surface area contributed by atoms with E-state index in [9.17, 15) is 0 Å². The number of halogens is 3. The third-order valence-corrected chi connectivity index (χ3v) is 38.2. The van der Waals surface area contributed by atoms with Crippen molar-refractivity contribution < 1.29 is 29.7 Å². The molecule has 0 unspecified atom stereocenters. The van der Waals surface area contributed by atoms with Crippen molar-refractivity contribution in [3.63, 3.8) is 0 Å². The predicted octanol–water partition coefficient (Wildman–Crippen LogP) is 24.9. The molecule has 23 rings (SSSR count). The van der Waals surface area contributed by atoms with Crippen LogP contribution in [-0.4, -0.2) is 31.7 Å². The summed E-state index contributed by atoms with van der Waals surface area (Å²) < 4.78 is 16.1. The van der Waals surface area contributed by atoms with Crippen LogP contribution in [-0.2, 0) is 29.7 Å². The second-order valence-electron chi connectivity index (χ2n) is 34.4. The van der Waals surface area contributed by atoms with Crippen molar-refractivity contribution in [2.45, 2.75) is 58.5 Å². The first-order chi connectivity index (χ1) is 68.7. The maximum absolute atomic E-state index is 6.29. The molecule has 3 aliphatic rings. The summed E-state index contributed by atoms with van der Waals surface area (Å²) in [7, 11) is -2.12. The summed E-state index contributed by atoms with van der Waals surface area (Å²) in [6.45, 7) is 8.93. The molecule has 20 aromatic carbocycles. The first-order valence-corrected chi connectivity index (χ1v) is 56.7. The van der Waals surface area contributed by atoms with E-state index < -0.39 is 31.7 Å². The van der Waals surface area contributed by atoms with Crippen LogP contribution in [0.1, 0.15) is 27.7 Å². The Morgan fingerprint density at radius 2 is 0.440 bits per heavy atom. The number of fused-ring (bicyclic) bond motifs is 4. The van der Waals surface area contributed by atoms with Gasteiger partial charge in [-0.1, -0.05) is 592 Å². The van der Waals surface area contributed by atoms with E-state index >= 15 is 0 Å². The Hall–Kier alpha value is -10.7. The Balaban J connectivity index is 0.000000121. The quantitative estimate of drug-likeness (QED) is 0.0545. The molecule has 0 bridgehead atoms. The van der Waals surface area contributed by atoms with Gasteiger partial charge in [0, 0.05) is 52.5 Å². The molecule has 20 aromatic rings. The average Bonchev–Trinajstić information content (AvgIpc) is 1.63. The molecule has 0 atom stereocenters. The third kappa shape index (κ3) is 27.4. The Labute approximate surface area is 893 Å². The molecule has 0 N–H and O–H groups in total. The van der Waals surface area contributed by atoms with Gasteiger partial charge in [0.2, 0.25) is 13.4 Å². The smallest absolute Gasteiger partial charge is 0.399 e. The van der Waals surface area contributed by atoms with Gasteiger partial charge in [-0.15, -0.1) is 0 Å². The summed E-state index contributed by atoms with van der Waals surface area (Å²) in [4.78, 5) is 5.30. The van der Waals surface area contributed by atoms with E-state index in [1.165, 1.54) is 131 Å². The minimum atomic E-state index is -0.446. The van der Waals surface area contributed by atoms with Crippen molar-refractivity contribution in [2.24, 2.45) is 0 Å². The summed E-state index contributed by atoms with van der Waals surface area (Å²) in [6, 6.07) is 199. The summed E-state index contributed by atoms with van der Waals surface area (Å²) in [5, 5.41) is 16.8. The number of hydrogen-bond donors (Lipinski definition) is 0. The molecule has 3 heterocycles. The average molecular weight is 2260 g/mol. The summed E-state index contributed by atoms with van der Waals surface area (Å²) in [5.74, 6) is 0. The number of rotatable bonds is 16. The van der Waals surface area contributed by atoms with Crippen LogP contribution in [0.3, 0.4) is 0 Å². The molecule has 1 saturated heterocycles. The van der Waals surface area contributed by atoms with Crippen LogP contribution in [0.15, 0.2) is 587 Å². The summed E-state index contributed by atoms with van der Waals surface area (Å²) in [5.41, 5.74) is 11.1. The minimum Gasteiger partial charge on any atom is -0.399 e. The van der Waals surface area contributed by atoms with Gasteiger partial charge in [0.05, 0.1) is 11.2 Å². The summed E-state index contributed by atoms with van der Waals surface area (Å²) in [6.07, 6.45) is 0. The van der Waals surface area contributed by atoms with Gasteiger partial charge >= 0.3 is 7.12 Å². The van der Waals surface area contributed by atoms with E-state index in [2.05, 4.69) is 628 Å². The van der Waals surface area contributed by atoms with Crippen LogP contribution < -0.4 is 102 Å². The second-order valence-corrected chi connectivity index (χ2v) is 48.5. The standard InChI is InChI=1S/C24H24B2O2S.C24H16BBrS.4C18H15P.C6H4BrI.Pd/c1-23(2)24(3,4)28-26(27-23)18-14-15-20-22(16-18)29-21-13-9-8-12-19(21)25(20)17-10-6-5-7-11-17;26-20-10-6-7-17(15-20)18-13-14-22-24(16-18)27-23-12-5-4-11-21(23)25(22)19-8-2-1-3-9-19;4*1-4-10-16(11-5-1)19(17-12-6-2-7-13-17)18-14-8-3-9-15-18;7-5-2-1-3-6(8)4-5;/h5-16H,1-4H3;1-16H;4*1-15H;1-4H;. The normalized spacial score (nSPS) is 12.5. The summed E-state index contributed by atoms with van der Waals surface area (Å²) >= 11 is 12.9. The number of hydrogen-bond acceptors (Lipinski definition) is 4. The number of benzene rings is 20. The van der Waals surface area contributed by atoms with E-state index in [1.807, 2.05) is 35.7 Å². The van der Waals surface area contributed by atoms with Gasteiger partial charge in [-0.05, 0) is 217 Å². The second kappa shape index (κ2) is 52.0. The zero-order chi connectivity index (χ0) is 96.1. The zero-order valence-electron chi connectivity index (χ0n) is 78.7. The Kier molecular flexibility index (Phi) is 38.0. The van der Waals surface area contributed by atoms with Gasteiger partial charge in [0.1, 0.15) is 0 Å². The first kappa shape index (κ1) is 103. The van der Waals surface area contributed by atoms with E-state index in [4.69, 9.17) is 9.31 Å². The van der Waals surface area contributed by atoms with Crippen LogP contribution in [0.25, 0.3) is 11.1 Å². The zero-order valence-corrected chi connectivity index (χ0v) is 90.8. The molecule has 0 spiro atoms. The molecule has 3 aliphatic heterocycles. The topological polar surface area (TPSA) is 18.5 Å². The third-order valence-electron chi connectivity index (χ3n) is 24.5. The van der Waals surface area contributed by atoms with Crippen LogP contribution >= 0.6 is 110 Å². The van der Waals surface area contributed by atoms with Gasteiger partial charge in [-0.3, -0.25) is 0 Å². The molecular weight excluding hydrogens is 2160 g/mol. The monoisotopic (exact) mass is 2260 g/mol. The molecule has 1 fully saturated rings. The van der Waals surface area contributed by atoms with Crippen molar-refractivity contribution in [3.05, 3.63) is 571 Å². The first-order valence-electron chi connectivity index (χ1n) is 47.0. The van der Waals surface area contributed by atoms with Gasteiger partial charge in [-0.2, -0.15) is 0 Å². The van der Waals surface area contributed by atoms with Crippen LogP contribution in [0.4, 0.5) is 0 Å². The van der Waals surface area contributed by atoms with Gasteiger partial charge in [-0.25, -0.2) is 0 Å². The van der Waals surface area contributed by atoms with Gasteiger partial charge in [0.25, 0.3) is 0 Å². The molecule has 0 aromatic heterocycles. The molecule has 2 nitrogen and oxygen atoms in total. The van der Waals surface area contributed by atoms with Crippen molar-refractivity contribution in [1.29, 1.82) is 0 Å². The van der Waals surface area contributed by atoms with Gasteiger partial charge < -0.3 is 9.31 Å². The minimum absolute atomic E-state index is 0. The van der Waals surface area contributed by atoms with E-state index in [1.54, 1.807) is 0 Å². The molecular formula is C126H104B3Br2IO2P4PdS2. The molecule has 0 aliphatic carbocycles. The van der Waals surface area contributed by atoms with Crippen LogP contribution in [0.2, 0.25) is 0 Å². The fourth-order valence-electron chi connectivity index (χ4n) is 17.1. The molecule has 0 radical (unpaired) electrons. The Morgan fingerprint density at radius 1 is 0.213 bits per heavy atom. The SMILES string of the molecule is Brc1cccc(-c2ccc3c(c2)Sc2ccccc2B3c2ccccc2)c1.Brc1cccc(I)c1.CC1(C)OB(c2ccc3c(c2)Sc2ccccc2B3c2ccccc2)OC1(C)C.[Pd].c1ccc(P(c2ccccc2)c2ccccc2)cc1.c1ccc(P(c2ccccc2)c2ccccc2)cc1.c1ccc(P(c2ccccc2)c2ccccc2)cc1.c1ccc(P(c2ccccc2)c2ccccc2)cc1. The molecule has 15 heteroatoms. The molecule has 0 saturated carbocycles. The molecule has 0 amide bonds. The van der Waals surface area contributed by atoms with E-state index in [-0.39, 0.29) is 52.2 Å². The predicted molar refractivity (Wildman–Crippen MR) is 633 cm³/mol. The van der Waals surface area contributed by atoms with Crippen molar-refractivity contribution in [2.75, 3.05) is 0 Å². The van der Waals surface area contributed by atoms with Gasteiger partial charge in [0.15, 0.2) is 0 Å². The van der Waals surface area contributed by atoms with Crippen LogP contribution in [0.5, 0.6) is 0 Å². The van der Waals surface area contributed by atoms with Crippen molar-refractivity contribution in [1.82, 2.24) is 0 Å². The Morgan fingerprint density at radius 3 is 0.702 bits per heavy atom. The Bertz CT molecular complexity index is 6360. The largest absolute Gasteiger partial charge is 0.494 e. The maximum Gasteiger partial charge on any atom is 0.494 e. The van der Waals surface area contributed by atoms with Crippen LogP contribution in [0, 0.1) is 3.57 Å². The van der Waals surface area contributed by atoms with Crippen molar-refractivity contribution in [3.8, 4) is 11.1 Å². The van der Waals surface area contributed by atoms with Crippen molar-refractivity contribution >= 4 is 232 Å². The fourth-order valence-corrected chi connectivity index (χ4v) is 30.4. The maximum atomic E-state index is 6.29. The molecule has 692 valence electrons.